The Balaban J connectivity index is 3.56. The molecule has 0 amide bonds. The molecule has 0 unspecified atom stereocenters. The summed E-state index contributed by atoms with van der Waals surface area (Å²) < 4.78 is -0.193. The Labute approximate surface area is 68.7 Å². The van der Waals surface area contributed by atoms with E-state index in [2.05, 4.69) is 47.8 Å². The molecule has 0 rings (SSSR count). The highest BCUT2D eigenvalue weighted by atomic mass is 80.0. The minimum atomic E-state index is -0.193. The Kier molecular flexibility index (Phi) is 3.80. The highest BCUT2D eigenvalue weighted by molar-refractivity contribution is 9.39. The second kappa shape index (κ2) is 3.25. The van der Waals surface area contributed by atoms with Crippen LogP contribution in [0.2, 0.25) is 0 Å². The van der Waals surface area contributed by atoms with Gasteiger partial charge in [-0.15, -0.1) is 0 Å². The zero-order chi connectivity index (χ0) is 5.91. The molecule has 3 heteroatoms. The van der Waals surface area contributed by atoms with Crippen molar-refractivity contribution >= 4 is 47.8 Å². The van der Waals surface area contributed by atoms with Crippen LogP contribution in [0.1, 0.15) is 6.92 Å². The van der Waals surface area contributed by atoms with Crippen molar-refractivity contribution in [3.63, 3.8) is 0 Å². The van der Waals surface area contributed by atoms with E-state index in [1.165, 1.54) is 0 Å². The molecular formula is C4H5Br3. The van der Waals surface area contributed by atoms with E-state index in [1.54, 1.807) is 0 Å². The average molecular weight is 293 g/mol. The van der Waals surface area contributed by atoms with Gasteiger partial charge < -0.3 is 0 Å². The minimum absolute atomic E-state index is 0.193. The molecular weight excluding hydrogens is 288 g/mol. The molecule has 0 spiro atoms. The third kappa shape index (κ3) is 7.18. The van der Waals surface area contributed by atoms with E-state index in [-0.39, 0.29) is 2.14 Å². The Morgan fingerprint density at radius 1 is 1.29 bits per heavy atom. The van der Waals surface area contributed by atoms with Crippen LogP contribution in [0.4, 0.5) is 0 Å². The normalized spacial score (nSPS) is 13.1. The van der Waals surface area contributed by atoms with Crippen molar-refractivity contribution in [2.75, 3.05) is 0 Å². The highest BCUT2D eigenvalue weighted by Crippen LogP contribution is 2.34. The molecule has 0 saturated carbocycles. The Morgan fingerprint density at radius 3 is 1.71 bits per heavy atom. The molecule has 0 aliphatic rings. The second-order valence-electron chi connectivity index (χ2n) is 1.04. The number of hydrogen-bond acceptors (Lipinski definition) is 0. The smallest absolute Gasteiger partial charge is 0.0886 e. The summed E-state index contributed by atoms with van der Waals surface area (Å²) in [5.74, 6) is 0. The van der Waals surface area contributed by atoms with Crippen molar-refractivity contribution in [3.05, 3.63) is 12.2 Å². The molecule has 0 bridgehead atoms. The van der Waals surface area contributed by atoms with Crippen molar-refractivity contribution in [3.8, 4) is 0 Å². The topological polar surface area (TPSA) is 0 Å². The SMILES string of the molecule is CC=CC(Br)(Br)Br. The summed E-state index contributed by atoms with van der Waals surface area (Å²) >= 11 is 9.86. The molecule has 0 aromatic rings. The van der Waals surface area contributed by atoms with E-state index in [0.717, 1.165) is 0 Å². The van der Waals surface area contributed by atoms with Gasteiger partial charge in [-0.2, -0.15) is 0 Å². The van der Waals surface area contributed by atoms with Crippen molar-refractivity contribution < 1.29 is 0 Å². The van der Waals surface area contributed by atoms with Crippen LogP contribution in [0.3, 0.4) is 0 Å². The summed E-state index contributed by atoms with van der Waals surface area (Å²) in [5.41, 5.74) is 0. The van der Waals surface area contributed by atoms with Crippen molar-refractivity contribution in [1.82, 2.24) is 0 Å². The predicted molar refractivity (Wildman–Crippen MR) is 44.3 cm³/mol. The van der Waals surface area contributed by atoms with Crippen LogP contribution in [0.15, 0.2) is 12.2 Å². The monoisotopic (exact) mass is 290 g/mol. The zero-order valence-electron chi connectivity index (χ0n) is 3.79. The first kappa shape index (κ1) is 8.18. The van der Waals surface area contributed by atoms with Crippen LogP contribution >= 0.6 is 47.8 Å². The lowest BCUT2D eigenvalue weighted by Gasteiger charge is -2.01. The first-order valence-corrected chi connectivity index (χ1v) is 4.15. The molecule has 0 heterocycles. The minimum Gasteiger partial charge on any atom is -0.0886 e. The largest absolute Gasteiger partial charge is 0.153 e. The zero-order valence-corrected chi connectivity index (χ0v) is 8.55. The lowest BCUT2D eigenvalue weighted by Crippen LogP contribution is -1.88. The van der Waals surface area contributed by atoms with Crippen LogP contribution in [0, 0.1) is 0 Å². The number of halogens is 3. The fraction of sp³-hybridized carbons (Fsp3) is 0.500. The molecule has 0 aliphatic carbocycles. The summed E-state index contributed by atoms with van der Waals surface area (Å²) in [6.45, 7) is 1.96. The lowest BCUT2D eigenvalue weighted by atomic mass is 10.6. The third-order valence-corrected chi connectivity index (χ3v) is 1.15. The Bertz CT molecular complexity index is 69.5. The third-order valence-electron chi connectivity index (χ3n) is 0.356. The summed E-state index contributed by atoms with van der Waals surface area (Å²) in [5, 5.41) is 0. The van der Waals surface area contributed by atoms with Crippen molar-refractivity contribution in [2.45, 2.75) is 9.07 Å². The maximum Gasteiger partial charge on any atom is 0.153 e. The molecule has 0 saturated heterocycles. The van der Waals surface area contributed by atoms with Crippen LogP contribution in [0.5, 0.6) is 0 Å². The molecule has 42 valence electrons. The van der Waals surface area contributed by atoms with Gasteiger partial charge in [-0.3, -0.25) is 0 Å². The molecule has 0 N–H and O–H groups in total. The maximum atomic E-state index is 3.29. The maximum absolute atomic E-state index is 3.29. The van der Waals surface area contributed by atoms with Gasteiger partial charge in [0, 0.05) is 0 Å². The van der Waals surface area contributed by atoms with Gasteiger partial charge >= 0.3 is 0 Å². The van der Waals surface area contributed by atoms with Crippen molar-refractivity contribution in [2.24, 2.45) is 0 Å². The van der Waals surface area contributed by atoms with Gasteiger partial charge in [0.1, 0.15) is 0 Å². The van der Waals surface area contributed by atoms with Gasteiger partial charge in [0.05, 0.1) is 0 Å². The van der Waals surface area contributed by atoms with E-state index in [0.29, 0.717) is 0 Å². The summed E-state index contributed by atoms with van der Waals surface area (Å²) in [4.78, 5) is 0. The van der Waals surface area contributed by atoms with Gasteiger partial charge in [0.15, 0.2) is 2.14 Å². The summed E-state index contributed by atoms with van der Waals surface area (Å²) in [6.07, 6.45) is 3.88. The molecule has 0 nitrogen and oxygen atoms in total. The molecule has 7 heavy (non-hydrogen) atoms. The van der Waals surface area contributed by atoms with E-state index in [1.807, 2.05) is 19.1 Å². The van der Waals surface area contributed by atoms with Crippen LogP contribution < -0.4 is 0 Å². The molecule has 0 radical (unpaired) electrons. The molecule has 0 aromatic carbocycles. The molecule has 0 aromatic heterocycles. The standard InChI is InChI=1S/C4H5Br3/c1-2-3-4(5,6)7/h2-3H,1H3. The predicted octanol–water partition coefficient (Wildman–Crippen LogP) is 3.40. The van der Waals surface area contributed by atoms with Gasteiger partial charge in [-0.05, 0) is 6.92 Å². The van der Waals surface area contributed by atoms with Crippen molar-refractivity contribution in [1.29, 1.82) is 0 Å². The van der Waals surface area contributed by atoms with Gasteiger partial charge in [0.25, 0.3) is 0 Å². The first-order valence-electron chi connectivity index (χ1n) is 1.77. The van der Waals surface area contributed by atoms with Gasteiger partial charge in [-0.25, -0.2) is 0 Å². The quantitative estimate of drug-likeness (QED) is 0.474. The number of alkyl halides is 3. The Morgan fingerprint density at radius 2 is 1.71 bits per heavy atom. The van der Waals surface area contributed by atoms with E-state index in [9.17, 15) is 0 Å². The van der Waals surface area contributed by atoms with Gasteiger partial charge in [-0.1, -0.05) is 59.9 Å². The fourth-order valence-electron chi connectivity index (χ4n) is 0.189. The molecule has 0 atom stereocenters. The van der Waals surface area contributed by atoms with Crippen LogP contribution in [-0.2, 0) is 0 Å². The molecule has 0 fully saturated rings. The summed E-state index contributed by atoms with van der Waals surface area (Å²) in [6, 6.07) is 0. The number of allylic oxidation sites excluding steroid dienone is 2. The molecule has 0 aliphatic heterocycles. The van der Waals surface area contributed by atoms with Crippen LogP contribution in [-0.4, -0.2) is 2.14 Å². The summed E-state index contributed by atoms with van der Waals surface area (Å²) in [7, 11) is 0. The van der Waals surface area contributed by atoms with E-state index < -0.39 is 0 Å². The second-order valence-corrected chi connectivity index (χ2v) is 7.99. The van der Waals surface area contributed by atoms with E-state index in [4.69, 9.17) is 0 Å². The average Bonchev–Trinajstić information content (AvgIpc) is 1.30. The number of rotatable bonds is 0. The first-order chi connectivity index (χ1) is 3.06. The lowest BCUT2D eigenvalue weighted by molar-refractivity contribution is 1.58. The fourth-order valence-corrected chi connectivity index (χ4v) is 0.982. The van der Waals surface area contributed by atoms with Gasteiger partial charge in [0.2, 0.25) is 0 Å². The van der Waals surface area contributed by atoms with Crippen LogP contribution in [0.25, 0.3) is 0 Å². The highest BCUT2D eigenvalue weighted by Gasteiger charge is 2.09. The Hall–Kier alpha value is 1.18. The van der Waals surface area contributed by atoms with E-state index >= 15 is 0 Å². The number of hydrogen-bond donors (Lipinski definition) is 0.